The molecule has 1 aliphatic heterocycles. The minimum atomic E-state index is -1.47. The lowest BCUT2D eigenvalue weighted by atomic mass is 9.73. The zero-order chi connectivity index (χ0) is 24.2. The van der Waals surface area contributed by atoms with Crippen LogP contribution in [0.4, 0.5) is 30.6 Å². The van der Waals surface area contributed by atoms with Crippen molar-refractivity contribution in [2.24, 2.45) is 11.1 Å². The number of aromatic nitrogens is 3. The van der Waals surface area contributed by atoms with Gasteiger partial charge in [-0.15, -0.1) is 0 Å². The molecule has 3 aromatic rings. The first-order chi connectivity index (χ1) is 16.2. The largest absolute Gasteiger partial charge is 0.382 e. The summed E-state index contributed by atoms with van der Waals surface area (Å²) in [6.07, 6.45) is 4.80. The molecule has 2 aromatic heterocycles. The van der Waals surface area contributed by atoms with Crippen LogP contribution in [0.2, 0.25) is 5.02 Å². The molecule has 1 spiro atoms. The fourth-order valence-electron chi connectivity index (χ4n) is 4.84. The Balaban J connectivity index is 1.31. The lowest BCUT2D eigenvalue weighted by molar-refractivity contribution is 0.185. The van der Waals surface area contributed by atoms with E-state index >= 15 is 0 Å². The molecule has 1 aliphatic carbocycles. The maximum absolute atomic E-state index is 14.4. The predicted octanol–water partition coefficient (Wildman–Crippen LogP) is 4.10. The van der Waals surface area contributed by atoms with E-state index in [-0.39, 0.29) is 17.2 Å². The van der Waals surface area contributed by atoms with Crippen molar-refractivity contribution in [2.45, 2.75) is 35.2 Å². The van der Waals surface area contributed by atoms with Gasteiger partial charge in [-0.3, -0.25) is 0 Å². The molecule has 1 saturated heterocycles. The topological polar surface area (TPSA) is 120 Å². The normalized spacial score (nSPS) is 19.0. The number of hydrogen-bond donors (Lipinski definition) is 3. The highest BCUT2D eigenvalue weighted by Gasteiger charge is 2.48. The van der Waals surface area contributed by atoms with Crippen molar-refractivity contribution in [3.63, 3.8) is 0 Å². The number of anilines is 3. The van der Waals surface area contributed by atoms with Gasteiger partial charge in [0.2, 0.25) is 0 Å². The number of pyridine rings is 1. The van der Waals surface area contributed by atoms with E-state index in [1.165, 1.54) is 11.8 Å². The molecule has 3 heterocycles. The van der Waals surface area contributed by atoms with E-state index in [1.807, 2.05) is 4.90 Å². The highest BCUT2D eigenvalue weighted by atomic mass is 35.5. The number of benzene rings is 1. The van der Waals surface area contributed by atoms with Crippen LogP contribution in [0, 0.1) is 22.9 Å². The first-order valence-electron chi connectivity index (χ1n) is 10.6. The Morgan fingerprint density at radius 1 is 1.09 bits per heavy atom. The summed E-state index contributed by atoms with van der Waals surface area (Å²) < 4.78 is 42.0. The van der Waals surface area contributed by atoms with Gasteiger partial charge in [0, 0.05) is 35.8 Å². The second-order valence-electron chi connectivity index (χ2n) is 8.59. The summed E-state index contributed by atoms with van der Waals surface area (Å²) in [6, 6.07) is 2.08. The van der Waals surface area contributed by atoms with Gasteiger partial charge in [-0.05, 0) is 42.4 Å². The Bertz CT molecular complexity index is 1280. The average Bonchev–Trinajstić information content (AvgIpc) is 3.07. The molecule has 0 radical (unpaired) electrons. The van der Waals surface area contributed by atoms with Crippen LogP contribution in [-0.4, -0.2) is 28.0 Å². The minimum Gasteiger partial charge on any atom is -0.382 e. The van der Waals surface area contributed by atoms with Crippen molar-refractivity contribution in [1.29, 1.82) is 0 Å². The van der Waals surface area contributed by atoms with E-state index in [4.69, 9.17) is 28.8 Å². The van der Waals surface area contributed by atoms with Crippen LogP contribution >= 0.6 is 23.4 Å². The smallest absolute Gasteiger partial charge is 0.194 e. The van der Waals surface area contributed by atoms with E-state index in [2.05, 4.69) is 15.0 Å². The van der Waals surface area contributed by atoms with Crippen LogP contribution < -0.4 is 22.1 Å². The molecule has 0 unspecified atom stereocenters. The summed E-state index contributed by atoms with van der Waals surface area (Å²) in [5.74, 6) is -2.77. The molecule has 12 heteroatoms. The van der Waals surface area contributed by atoms with Crippen molar-refractivity contribution in [1.82, 2.24) is 15.0 Å². The van der Waals surface area contributed by atoms with Gasteiger partial charge < -0.3 is 22.1 Å². The summed E-state index contributed by atoms with van der Waals surface area (Å²) in [6.45, 7) is 1.14. The van der Waals surface area contributed by atoms with Gasteiger partial charge in [-0.2, -0.15) is 0 Å². The van der Waals surface area contributed by atoms with Crippen molar-refractivity contribution in [2.75, 3.05) is 29.5 Å². The van der Waals surface area contributed by atoms with Gasteiger partial charge in [-0.25, -0.2) is 28.1 Å². The maximum atomic E-state index is 14.4. The number of fused-ring (bicyclic) bond motifs is 1. The molecule has 5 rings (SSSR count). The van der Waals surface area contributed by atoms with Crippen LogP contribution in [0.25, 0.3) is 0 Å². The zero-order valence-corrected chi connectivity index (χ0v) is 19.4. The third-order valence-corrected chi connectivity index (χ3v) is 8.30. The summed E-state index contributed by atoms with van der Waals surface area (Å²) in [7, 11) is 0. The number of rotatable bonds is 3. The van der Waals surface area contributed by atoms with Crippen molar-refractivity contribution >= 4 is 40.8 Å². The Labute approximate surface area is 202 Å². The highest BCUT2D eigenvalue weighted by molar-refractivity contribution is 7.99. The van der Waals surface area contributed by atoms with Crippen LogP contribution in [0.3, 0.4) is 0 Å². The molecule has 1 fully saturated rings. The first kappa shape index (κ1) is 23.0. The molecule has 0 bridgehead atoms. The molecule has 1 atom stereocenters. The predicted molar refractivity (Wildman–Crippen MR) is 125 cm³/mol. The first-order valence-corrected chi connectivity index (χ1v) is 11.8. The van der Waals surface area contributed by atoms with Crippen molar-refractivity contribution < 1.29 is 13.2 Å². The van der Waals surface area contributed by atoms with Crippen LogP contribution in [0.1, 0.15) is 30.0 Å². The second-order valence-corrected chi connectivity index (χ2v) is 10.0. The second kappa shape index (κ2) is 8.47. The molecule has 1 aromatic carbocycles. The minimum absolute atomic E-state index is 0.0909. The SMILES string of the molecule is Nc1nc(N2CCC3(CC2)Cc2cc(F)c(F)c(F)c2[C@H]3N)cnc1Sc1ccnc(N)c1Cl. The quantitative estimate of drug-likeness (QED) is 0.453. The van der Waals surface area contributed by atoms with E-state index in [0.29, 0.717) is 58.7 Å². The standard InChI is InChI=1S/C22H21ClF3N7S/c23-15-12(1-4-30-19(15)28)34-21-20(29)32-13(9-31-21)33-5-2-22(3-6-33)8-10-7-11(24)16(25)17(26)14(10)18(22)27/h1,4,7,9,18H,2-3,5-6,8,27H2,(H2,28,30)(H2,29,32)/t18-/m1/s1. The molecule has 0 saturated carbocycles. The number of nitrogens with two attached hydrogens (primary N) is 3. The fraction of sp³-hybridized carbons (Fsp3) is 0.318. The number of hydrogen-bond acceptors (Lipinski definition) is 8. The van der Waals surface area contributed by atoms with E-state index in [9.17, 15) is 13.2 Å². The number of nitrogen functional groups attached to an aromatic ring is 2. The molecule has 34 heavy (non-hydrogen) atoms. The summed E-state index contributed by atoms with van der Waals surface area (Å²) in [5, 5.41) is 0.807. The maximum Gasteiger partial charge on any atom is 0.194 e. The van der Waals surface area contributed by atoms with E-state index in [1.54, 1.807) is 18.5 Å². The fourth-order valence-corrected chi connectivity index (χ4v) is 5.86. The van der Waals surface area contributed by atoms with Crippen molar-refractivity contribution in [3.8, 4) is 0 Å². The molecule has 6 N–H and O–H groups in total. The Morgan fingerprint density at radius 3 is 2.53 bits per heavy atom. The summed E-state index contributed by atoms with van der Waals surface area (Å²) in [5.41, 5.74) is 18.4. The summed E-state index contributed by atoms with van der Waals surface area (Å²) in [4.78, 5) is 15.6. The molecular formula is C22H21ClF3N7S. The number of halogens is 4. The van der Waals surface area contributed by atoms with Gasteiger partial charge in [0.25, 0.3) is 0 Å². The van der Waals surface area contributed by atoms with Gasteiger partial charge in [-0.1, -0.05) is 23.4 Å². The average molecular weight is 508 g/mol. The van der Waals surface area contributed by atoms with Crippen LogP contribution in [0.5, 0.6) is 0 Å². The van der Waals surface area contributed by atoms with Gasteiger partial charge >= 0.3 is 0 Å². The van der Waals surface area contributed by atoms with Crippen LogP contribution in [0.15, 0.2) is 34.4 Å². The number of nitrogens with zero attached hydrogens (tertiary/aromatic N) is 4. The van der Waals surface area contributed by atoms with Gasteiger partial charge in [0.05, 0.1) is 11.2 Å². The molecule has 0 amide bonds. The van der Waals surface area contributed by atoms with Crippen molar-refractivity contribution in [3.05, 3.63) is 58.1 Å². The van der Waals surface area contributed by atoms with Gasteiger partial charge in [0.1, 0.15) is 16.7 Å². The third-order valence-electron chi connectivity index (χ3n) is 6.72. The lowest BCUT2D eigenvalue weighted by Crippen LogP contribution is -2.44. The highest BCUT2D eigenvalue weighted by Crippen LogP contribution is 2.52. The third kappa shape index (κ3) is 3.71. The molecule has 2 aliphatic rings. The summed E-state index contributed by atoms with van der Waals surface area (Å²) >= 11 is 7.44. The molecular weight excluding hydrogens is 487 g/mol. The van der Waals surface area contributed by atoms with Gasteiger partial charge in [0.15, 0.2) is 23.3 Å². The van der Waals surface area contributed by atoms with E-state index < -0.39 is 28.9 Å². The zero-order valence-electron chi connectivity index (χ0n) is 17.9. The Kier molecular flexibility index (Phi) is 5.73. The Hall–Kier alpha value is -2.76. The number of piperidine rings is 1. The molecule has 178 valence electrons. The van der Waals surface area contributed by atoms with E-state index in [0.717, 1.165) is 6.07 Å². The van der Waals surface area contributed by atoms with Crippen LogP contribution in [-0.2, 0) is 6.42 Å². The molecule has 7 nitrogen and oxygen atoms in total. The lowest BCUT2D eigenvalue weighted by Gasteiger charge is -2.42. The monoisotopic (exact) mass is 507 g/mol. The Morgan fingerprint density at radius 2 is 1.82 bits per heavy atom.